The molecule has 0 saturated carbocycles. The molecule has 1 heterocycles. The fourth-order valence-electron chi connectivity index (χ4n) is 1.88. The predicted molar refractivity (Wildman–Crippen MR) is 116 cm³/mol. The van der Waals surface area contributed by atoms with Crippen molar-refractivity contribution in [2.45, 2.75) is 18.1 Å². The van der Waals surface area contributed by atoms with Gasteiger partial charge in [0.05, 0.1) is 10.9 Å². The van der Waals surface area contributed by atoms with Crippen LogP contribution < -0.4 is 15.8 Å². The van der Waals surface area contributed by atoms with E-state index in [1.807, 2.05) is 32.0 Å². The second-order valence-corrected chi connectivity index (χ2v) is 8.86. The molecular weight excluding hydrogens is 495 g/mol. The van der Waals surface area contributed by atoms with Gasteiger partial charge in [0.15, 0.2) is 5.96 Å². The smallest absolute Gasteiger partial charge is 0.250 e. The first-order chi connectivity index (χ1) is 11.3. The van der Waals surface area contributed by atoms with Crippen molar-refractivity contribution in [3.8, 4) is 0 Å². The highest BCUT2D eigenvalue weighted by Crippen LogP contribution is 2.25. The SMILES string of the molecule is Cc1ccc(NC(N)=NCCNS(=O)(=O)c2ccc(Cl)s2)cc1C.I. The number of halogens is 2. The highest BCUT2D eigenvalue weighted by atomic mass is 127. The molecule has 1 aromatic heterocycles. The molecule has 0 fully saturated rings. The molecule has 2 aromatic rings. The first-order valence-corrected chi connectivity index (χ1v) is 9.85. The fraction of sp³-hybridized carbons (Fsp3) is 0.267. The van der Waals surface area contributed by atoms with Crippen molar-refractivity contribution in [2.75, 3.05) is 18.4 Å². The third-order valence-corrected chi connectivity index (χ3v) is 6.46. The number of aryl methyl sites for hydroxylation is 2. The third kappa shape index (κ3) is 6.74. The van der Waals surface area contributed by atoms with E-state index in [1.165, 1.54) is 11.6 Å². The number of benzene rings is 1. The van der Waals surface area contributed by atoms with Crippen molar-refractivity contribution in [3.63, 3.8) is 0 Å². The number of nitrogens with two attached hydrogens (primary N) is 1. The lowest BCUT2D eigenvalue weighted by atomic mass is 10.1. The van der Waals surface area contributed by atoms with Gasteiger partial charge in [-0.3, -0.25) is 4.99 Å². The van der Waals surface area contributed by atoms with Gasteiger partial charge >= 0.3 is 0 Å². The number of aliphatic imine (C=N–C) groups is 1. The minimum Gasteiger partial charge on any atom is -0.370 e. The minimum atomic E-state index is -3.55. The lowest BCUT2D eigenvalue weighted by Crippen LogP contribution is -2.28. The van der Waals surface area contributed by atoms with Crippen LogP contribution in [0.15, 0.2) is 39.5 Å². The summed E-state index contributed by atoms with van der Waals surface area (Å²) in [6.45, 7) is 4.41. The summed E-state index contributed by atoms with van der Waals surface area (Å²) in [4.78, 5) is 4.11. The summed E-state index contributed by atoms with van der Waals surface area (Å²) in [7, 11) is -3.55. The van der Waals surface area contributed by atoms with Gasteiger partial charge in [0.25, 0.3) is 0 Å². The van der Waals surface area contributed by atoms with Crippen molar-refractivity contribution >= 4 is 68.6 Å². The van der Waals surface area contributed by atoms with Gasteiger partial charge in [-0.2, -0.15) is 0 Å². The number of hydrogen-bond donors (Lipinski definition) is 3. The normalized spacial score (nSPS) is 11.9. The summed E-state index contributed by atoms with van der Waals surface area (Å²) in [6.07, 6.45) is 0. The number of anilines is 1. The van der Waals surface area contributed by atoms with Gasteiger partial charge in [-0.15, -0.1) is 35.3 Å². The van der Waals surface area contributed by atoms with E-state index in [0.717, 1.165) is 22.6 Å². The van der Waals surface area contributed by atoms with Crippen molar-refractivity contribution in [1.29, 1.82) is 0 Å². The zero-order chi connectivity index (χ0) is 17.7. The first-order valence-electron chi connectivity index (χ1n) is 7.17. The van der Waals surface area contributed by atoms with Gasteiger partial charge < -0.3 is 11.1 Å². The average molecular weight is 515 g/mol. The van der Waals surface area contributed by atoms with Crippen molar-refractivity contribution in [3.05, 3.63) is 45.8 Å². The molecular formula is C15H20ClIN4O2S2. The Hall–Kier alpha value is -0.880. The van der Waals surface area contributed by atoms with E-state index in [4.69, 9.17) is 17.3 Å². The van der Waals surface area contributed by atoms with Crippen LogP contribution in [0.2, 0.25) is 4.34 Å². The van der Waals surface area contributed by atoms with Gasteiger partial charge in [-0.25, -0.2) is 13.1 Å². The van der Waals surface area contributed by atoms with Crippen LogP contribution in [0.25, 0.3) is 0 Å². The second kappa shape index (κ2) is 9.72. The van der Waals surface area contributed by atoms with Crippen LogP contribution in [0, 0.1) is 13.8 Å². The molecule has 0 unspecified atom stereocenters. The molecule has 138 valence electrons. The van der Waals surface area contributed by atoms with Crippen molar-refractivity contribution in [1.82, 2.24) is 4.72 Å². The van der Waals surface area contributed by atoms with Crippen LogP contribution in [0.1, 0.15) is 11.1 Å². The topological polar surface area (TPSA) is 96.6 Å². The lowest BCUT2D eigenvalue weighted by molar-refractivity contribution is 0.584. The number of guanidine groups is 1. The highest BCUT2D eigenvalue weighted by Gasteiger charge is 2.15. The molecule has 0 aliphatic heterocycles. The van der Waals surface area contributed by atoms with E-state index in [2.05, 4.69) is 15.0 Å². The zero-order valence-electron chi connectivity index (χ0n) is 13.7. The Bertz CT molecular complexity index is 853. The van der Waals surface area contributed by atoms with Crippen LogP contribution in [0.3, 0.4) is 0 Å². The number of thiophene rings is 1. The van der Waals surface area contributed by atoms with E-state index in [1.54, 1.807) is 6.07 Å². The van der Waals surface area contributed by atoms with Crippen LogP contribution in [-0.4, -0.2) is 27.5 Å². The van der Waals surface area contributed by atoms with E-state index in [-0.39, 0.29) is 47.2 Å². The first kappa shape index (κ1) is 22.2. The number of rotatable bonds is 6. The maximum absolute atomic E-state index is 12.0. The quantitative estimate of drug-likeness (QED) is 0.238. The second-order valence-electron chi connectivity index (χ2n) is 5.15. The summed E-state index contributed by atoms with van der Waals surface area (Å²) in [5, 5.41) is 2.98. The molecule has 10 heteroatoms. The van der Waals surface area contributed by atoms with Crippen molar-refractivity contribution in [2.24, 2.45) is 10.7 Å². The van der Waals surface area contributed by atoms with Crippen LogP contribution in [-0.2, 0) is 10.0 Å². The molecule has 2 rings (SSSR count). The number of sulfonamides is 1. The molecule has 0 aliphatic carbocycles. The Morgan fingerprint density at radius 3 is 2.56 bits per heavy atom. The molecule has 1 aromatic carbocycles. The molecule has 0 aliphatic rings. The Labute approximate surface area is 173 Å². The molecule has 6 nitrogen and oxygen atoms in total. The molecule has 0 radical (unpaired) electrons. The van der Waals surface area contributed by atoms with E-state index < -0.39 is 10.0 Å². The third-order valence-electron chi connectivity index (χ3n) is 3.28. The van der Waals surface area contributed by atoms with Crippen molar-refractivity contribution < 1.29 is 8.42 Å². The molecule has 0 saturated heterocycles. The van der Waals surface area contributed by atoms with E-state index in [0.29, 0.717) is 4.34 Å². The predicted octanol–water partition coefficient (Wildman–Crippen LogP) is 3.34. The summed E-state index contributed by atoms with van der Waals surface area (Å²) in [5.74, 6) is 0.233. The number of nitrogens with one attached hydrogen (secondary N) is 2. The largest absolute Gasteiger partial charge is 0.370 e. The zero-order valence-corrected chi connectivity index (χ0v) is 18.5. The summed E-state index contributed by atoms with van der Waals surface area (Å²) < 4.78 is 27.1. The molecule has 0 bridgehead atoms. The summed E-state index contributed by atoms with van der Waals surface area (Å²) in [5.41, 5.74) is 8.99. The van der Waals surface area contributed by atoms with Gasteiger partial charge in [0.2, 0.25) is 10.0 Å². The Morgan fingerprint density at radius 1 is 1.24 bits per heavy atom. The van der Waals surface area contributed by atoms with Gasteiger partial charge in [-0.05, 0) is 49.2 Å². The standard InChI is InChI=1S/C15H19ClN4O2S2.HI/c1-10-3-4-12(9-11(10)2)20-15(17)18-7-8-19-24(21,22)14-6-5-13(16)23-14;/h3-6,9,19H,7-8H2,1-2H3,(H3,17,18,20);1H. The number of hydrogen-bond acceptors (Lipinski definition) is 4. The fourth-order valence-corrected chi connectivity index (χ4v) is 4.42. The molecule has 0 spiro atoms. The molecule has 0 atom stereocenters. The van der Waals surface area contributed by atoms with Gasteiger partial charge in [0.1, 0.15) is 4.21 Å². The van der Waals surface area contributed by atoms with Gasteiger partial charge in [0, 0.05) is 12.2 Å². The maximum atomic E-state index is 12.0. The Balaban J connectivity index is 0.00000312. The molecule has 4 N–H and O–H groups in total. The molecule has 0 amide bonds. The summed E-state index contributed by atoms with van der Waals surface area (Å²) >= 11 is 6.75. The highest BCUT2D eigenvalue weighted by molar-refractivity contribution is 14.0. The van der Waals surface area contributed by atoms with Crippen LogP contribution in [0.4, 0.5) is 5.69 Å². The molecule has 25 heavy (non-hydrogen) atoms. The van der Waals surface area contributed by atoms with Crippen LogP contribution >= 0.6 is 46.9 Å². The lowest BCUT2D eigenvalue weighted by Gasteiger charge is -2.08. The minimum absolute atomic E-state index is 0. The number of nitrogens with zero attached hydrogens (tertiary/aromatic N) is 1. The average Bonchev–Trinajstić information content (AvgIpc) is 2.95. The van der Waals surface area contributed by atoms with Gasteiger partial charge in [-0.1, -0.05) is 17.7 Å². The Morgan fingerprint density at radius 2 is 1.96 bits per heavy atom. The van der Waals surface area contributed by atoms with Crippen LogP contribution in [0.5, 0.6) is 0 Å². The summed E-state index contributed by atoms with van der Waals surface area (Å²) in [6, 6.07) is 8.89. The Kier molecular flexibility index (Phi) is 8.61. The van der Waals surface area contributed by atoms with E-state index >= 15 is 0 Å². The monoisotopic (exact) mass is 514 g/mol. The van der Waals surface area contributed by atoms with E-state index in [9.17, 15) is 8.42 Å². The maximum Gasteiger partial charge on any atom is 0.250 e.